The zero-order valence-electron chi connectivity index (χ0n) is 14.4. The van der Waals surface area contributed by atoms with Gasteiger partial charge in [0.1, 0.15) is 23.0 Å². The summed E-state index contributed by atoms with van der Waals surface area (Å²) < 4.78 is 5.86. The van der Waals surface area contributed by atoms with E-state index < -0.39 is 5.41 Å². The average Bonchev–Trinajstić information content (AvgIpc) is 2.63. The summed E-state index contributed by atoms with van der Waals surface area (Å²) in [6.45, 7) is 1.83. The zero-order chi connectivity index (χ0) is 17.9. The molecule has 0 heterocycles. The molecule has 1 fully saturated rings. The van der Waals surface area contributed by atoms with Crippen LogP contribution in [-0.4, -0.2) is 22.3 Å². The highest BCUT2D eigenvalue weighted by atomic mass is 16.5. The molecule has 2 aromatic carbocycles. The van der Waals surface area contributed by atoms with Gasteiger partial charge in [0.05, 0.1) is 0 Å². The first-order valence-corrected chi connectivity index (χ1v) is 8.80. The molecule has 0 saturated heterocycles. The number of ether oxygens (including phenoxy) is 1. The van der Waals surface area contributed by atoms with Crippen molar-refractivity contribution in [1.29, 1.82) is 0 Å². The van der Waals surface area contributed by atoms with Crippen LogP contribution in [0.5, 0.6) is 11.5 Å². The summed E-state index contributed by atoms with van der Waals surface area (Å²) in [7, 11) is 0. The summed E-state index contributed by atoms with van der Waals surface area (Å²) in [5.41, 5.74) is 0.493. The predicted molar refractivity (Wildman–Crippen MR) is 95.6 cm³/mol. The minimum absolute atomic E-state index is 0.0326. The molecule has 4 heteroatoms. The van der Waals surface area contributed by atoms with Gasteiger partial charge < -0.3 is 14.9 Å². The number of phenolic OH excluding ortho intramolecular Hbond substituents is 2. The second-order valence-electron chi connectivity index (χ2n) is 6.88. The number of rotatable bonds is 4. The zero-order valence-corrected chi connectivity index (χ0v) is 14.4. The summed E-state index contributed by atoms with van der Waals surface area (Å²) in [4.78, 5) is 13.2. The summed E-state index contributed by atoms with van der Waals surface area (Å²) in [6.07, 6.45) is 5.16. The van der Waals surface area contributed by atoms with E-state index in [0.29, 0.717) is 0 Å². The number of hydrogen-bond acceptors (Lipinski definition) is 4. The predicted octanol–water partition coefficient (Wildman–Crippen LogP) is 4.28. The van der Waals surface area contributed by atoms with Crippen molar-refractivity contribution in [3.63, 3.8) is 0 Å². The molecule has 0 radical (unpaired) electrons. The molecule has 25 heavy (non-hydrogen) atoms. The van der Waals surface area contributed by atoms with Crippen molar-refractivity contribution in [2.75, 3.05) is 0 Å². The van der Waals surface area contributed by atoms with E-state index in [9.17, 15) is 15.0 Å². The molecule has 3 rings (SSSR count). The smallest absolute Gasteiger partial charge is 0.321 e. The molecular formula is C21H24O4. The van der Waals surface area contributed by atoms with E-state index in [2.05, 4.69) is 0 Å². The fourth-order valence-corrected chi connectivity index (χ4v) is 3.44. The van der Waals surface area contributed by atoms with Gasteiger partial charge in [-0.05, 0) is 68.0 Å². The molecule has 0 unspecified atom stereocenters. The van der Waals surface area contributed by atoms with Gasteiger partial charge in [-0.25, -0.2) is 0 Å². The number of phenols is 2. The number of hydrogen-bond donors (Lipinski definition) is 2. The molecule has 0 atom stereocenters. The van der Waals surface area contributed by atoms with Crippen molar-refractivity contribution in [3.05, 3.63) is 59.7 Å². The second kappa shape index (κ2) is 7.18. The van der Waals surface area contributed by atoms with Crippen LogP contribution in [-0.2, 0) is 14.9 Å². The molecule has 0 aliphatic heterocycles. The summed E-state index contributed by atoms with van der Waals surface area (Å²) in [5, 5.41) is 19.2. The SMILES string of the molecule is CC(C(=O)OC1CCCCC1)(c1ccc(O)cc1)c1ccc(O)cc1. The van der Waals surface area contributed by atoms with Crippen LogP contribution in [0.1, 0.15) is 50.2 Å². The monoisotopic (exact) mass is 340 g/mol. The molecular weight excluding hydrogens is 316 g/mol. The Morgan fingerprint density at radius 3 is 1.76 bits per heavy atom. The molecule has 132 valence electrons. The molecule has 1 aliphatic carbocycles. The van der Waals surface area contributed by atoms with Gasteiger partial charge in [-0.15, -0.1) is 0 Å². The van der Waals surface area contributed by atoms with Crippen LogP contribution in [0.25, 0.3) is 0 Å². The van der Waals surface area contributed by atoms with Crippen molar-refractivity contribution >= 4 is 5.97 Å². The van der Waals surface area contributed by atoms with Gasteiger partial charge in [-0.2, -0.15) is 0 Å². The topological polar surface area (TPSA) is 66.8 Å². The van der Waals surface area contributed by atoms with Gasteiger partial charge in [0, 0.05) is 0 Å². The van der Waals surface area contributed by atoms with E-state index in [4.69, 9.17) is 4.74 Å². The Balaban J connectivity index is 1.97. The normalized spacial score (nSPS) is 15.7. The Hall–Kier alpha value is -2.49. The van der Waals surface area contributed by atoms with E-state index in [0.717, 1.165) is 36.8 Å². The molecule has 0 amide bonds. The summed E-state index contributed by atoms with van der Waals surface area (Å²) in [6, 6.07) is 13.2. The van der Waals surface area contributed by atoms with Crippen LogP contribution in [0.4, 0.5) is 0 Å². The maximum atomic E-state index is 13.2. The van der Waals surface area contributed by atoms with Gasteiger partial charge in [0.2, 0.25) is 0 Å². The lowest BCUT2D eigenvalue weighted by molar-refractivity contribution is -0.155. The highest BCUT2D eigenvalue weighted by Crippen LogP contribution is 2.36. The van der Waals surface area contributed by atoms with Crippen LogP contribution in [0.3, 0.4) is 0 Å². The van der Waals surface area contributed by atoms with E-state index >= 15 is 0 Å². The van der Waals surface area contributed by atoms with Gasteiger partial charge in [-0.1, -0.05) is 30.7 Å². The first kappa shape index (κ1) is 17.3. The van der Waals surface area contributed by atoms with Crippen molar-refractivity contribution < 1.29 is 19.7 Å². The third-order valence-corrected chi connectivity index (χ3v) is 5.12. The molecule has 0 aromatic heterocycles. The molecule has 0 bridgehead atoms. The van der Waals surface area contributed by atoms with E-state index in [1.54, 1.807) is 48.5 Å². The van der Waals surface area contributed by atoms with Crippen molar-refractivity contribution in [1.82, 2.24) is 0 Å². The third-order valence-electron chi connectivity index (χ3n) is 5.12. The maximum absolute atomic E-state index is 13.2. The maximum Gasteiger partial charge on any atom is 0.321 e. The first-order valence-electron chi connectivity index (χ1n) is 8.80. The highest BCUT2D eigenvalue weighted by molar-refractivity contribution is 5.87. The van der Waals surface area contributed by atoms with Gasteiger partial charge in [0.15, 0.2) is 0 Å². The summed E-state index contributed by atoms with van der Waals surface area (Å²) in [5.74, 6) is 0.00527. The average molecular weight is 340 g/mol. The standard InChI is InChI=1S/C21H24O4/c1-21(15-7-11-17(22)12-8-15,16-9-13-18(23)14-10-16)20(24)25-19-5-3-2-4-6-19/h7-14,19,22-23H,2-6H2,1H3. The molecule has 4 nitrogen and oxygen atoms in total. The lowest BCUT2D eigenvalue weighted by Gasteiger charge is -2.32. The lowest BCUT2D eigenvalue weighted by Crippen LogP contribution is -2.38. The van der Waals surface area contributed by atoms with Crippen molar-refractivity contribution in [3.8, 4) is 11.5 Å². The number of aromatic hydroxyl groups is 2. The van der Waals surface area contributed by atoms with E-state index in [1.807, 2.05) is 6.92 Å². The molecule has 2 N–H and O–H groups in total. The van der Waals surface area contributed by atoms with Crippen molar-refractivity contribution in [2.45, 2.75) is 50.5 Å². The van der Waals surface area contributed by atoms with Gasteiger partial charge in [-0.3, -0.25) is 4.79 Å². The molecule has 1 saturated carbocycles. The fraction of sp³-hybridized carbons (Fsp3) is 0.381. The minimum atomic E-state index is -1.00. The largest absolute Gasteiger partial charge is 0.508 e. The Labute approximate surface area is 148 Å². The molecule has 0 spiro atoms. The first-order chi connectivity index (χ1) is 12.0. The molecule has 2 aromatic rings. The number of benzene rings is 2. The third kappa shape index (κ3) is 3.63. The summed E-state index contributed by atoms with van der Waals surface area (Å²) >= 11 is 0. The van der Waals surface area contributed by atoms with Crippen LogP contribution in [0, 0.1) is 0 Å². The minimum Gasteiger partial charge on any atom is -0.508 e. The Bertz CT molecular complexity index is 667. The fourth-order valence-electron chi connectivity index (χ4n) is 3.44. The number of esters is 1. The van der Waals surface area contributed by atoms with Crippen LogP contribution < -0.4 is 0 Å². The Morgan fingerprint density at radius 2 is 1.32 bits per heavy atom. The van der Waals surface area contributed by atoms with Crippen LogP contribution in [0.2, 0.25) is 0 Å². The Morgan fingerprint density at radius 1 is 0.880 bits per heavy atom. The highest BCUT2D eigenvalue weighted by Gasteiger charge is 2.40. The number of carbonyl (C=O) groups excluding carboxylic acids is 1. The van der Waals surface area contributed by atoms with E-state index in [-0.39, 0.29) is 23.6 Å². The number of carbonyl (C=O) groups is 1. The Kier molecular flexibility index (Phi) is 4.98. The van der Waals surface area contributed by atoms with E-state index in [1.165, 1.54) is 6.42 Å². The van der Waals surface area contributed by atoms with Gasteiger partial charge in [0.25, 0.3) is 0 Å². The van der Waals surface area contributed by atoms with Crippen LogP contribution >= 0.6 is 0 Å². The second-order valence-corrected chi connectivity index (χ2v) is 6.88. The molecule has 1 aliphatic rings. The van der Waals surface area contributed by atoms with Crippen LogP contribution in [0.15, 0.2) is 48.5 Å². The van der Waals surface area contributed by atoms with Crippen molar-refractivity contribution in [2.24, 2.45) is 0 Å². The lowest BCUT2D eigenvalue weighted by atomic mass is 9.76. The van der Waals surface area contributed by atoms with Gasteiger partial charge >= 0.3 is 5.97 Å². The quantitative estimate of drug-likeness (QED) is 0.815.